The first-order valence-electron chi connectivity index (χ1n) is 3.91. The average molecular weight is 191 g/mol. The van der Waals surface area contributed by atoms with E-state index in [-0.39, 0.29) is 0 Å². The van der Waals surface area contributed by atoms with E-state index in [9.17, 15) is 0 Å². The summed E-state index contributed by atoms with van der Waals surface area (Å²) in [4.78, 5) is 0. The molecule has 0 bridgehead atoms. The van der Waals surface area contributed by atoms with E-state index in [4.69, 9.17) is 16.9 Å². The van der Waals surface area contributed by atoms with E-state index >= 15 is 0 Å². The summed E-state index contributed by atoms with van der Waals surface area (Å²) in [7, 11) is 0. The zero-order chi connectivity index (χ0) is 9.42. The van der Waals surface area contributed by atoms with Gasteiger partial charge in [-0.05, 0) is 19.1 Å². The molecule has 2 heterocycles. The third-order valence-electron chi connectivity index (χ3n) is 2.12. The Labute approximate surface area is 81.0 Å². The van der Waals surface area contributed by atoms with E-state index in [1.54, 1.807) is 4.40 Å². The quantitative estimate of drug-likeness (QED) is 0.628. The minimum absolute atomic E-state index is 0.612. The maximum Gasteiger partial charge on any atom is 0.129 e. The molecule has 0 atom stereocenters. The van der Waals surface area contributed by atoms with Gasteiger partial charge in [0.25, 0.3) is 0 Å². The predicted octanol–water partition coefficient (Wildman–Crippen LogP) is 2.77. The largest absolute Gasteiger partial charge is 0.307 e. The van der Waals surface area contributed by atoms with E-state index < -0.39 is 0 Å². The molecule has 0 N–H and O–H groups in total. The Morgan fingerprint density at radius 1 is 1.46 bits per heavy atom. The molecule has 0 unspecified atom stereocenters. The van der Waals surface area contributed by atoms with Gasteiger partial charge >= 0.3 is 0 Å². The summed E-state index contributed by atoms with van der Waals surface area (Å²) in [5.41, 5.74) is 2.34. The van der Waals surface area contributed by atoms with Crippen LogP contribution >= 0.6 is 11.6 Å². The summed E-state index contributed by atoms with van der Waals surface area (Å²) >= 11 is 6.05. The van der Waals surface area contributed by atoms with Gasteiger partial charge in [0, 0.05) is 11.8 Å². The zero-order valence-electron chi connectivity index (χ0n) is 7.08. The van der Waals surface area contributed by atoms with E-state index in [2.05, 4.69) is 6.07 Å². The van der Waals surface area contributed by atoms with E-state index in [1.165, 1.54) is 0 Å². The van der Waals surface area contributed by atoms with Gasteiger partial charge in [0.05, 0.1) is 10.5 Å². The first-order valence-corrected chi connectivity index (χ1v) is 4.28. The lowest BCUT2D eigenvalue weighted by molar-refractivity contribution is 1.14. The summed E-state index contributed by atoms with van der Waals surface area (Å²) in [6.07, 6.45) is 1.84. The molecule has 0 aliphatic heterocycles. The smallest absolute Gasteiger partial charge is 0.129 e. The number of nitriles is 1. The number of hydrogen-bond acceptors (Lipinski definition) is 1. The van der Waals surface area contributed by atoms with Crippen molar-refractivity contribution in [3.05, 3.63) is 40.7 Å². The van der Waals surface area contributed by atoms with Crippen molar-refractivity contribution < 1.29 is 0 Å². The second kappa shape index (κ2) is 2.79. The predicted molar refractivity (Wildman–Crippen MR) is 51.9 cm³/mol. The number of halogens is 1. The molecule has 2 aromatic heterocycles. The maximum absolute atomic E-state index is 8.90. The SMILES string of the molecule is Cc1c(Cl)c2ccccn2c1C#N. The van der Waals surface area contributed by atoms with Gasteiger partial charge in [-0.15, -0.1) is 0 Å². The molecule has 0 aliphatic carbocycles. The normalized spacial score (nSPS) is 10.2. The lowest BCUT2D eigenvalue weighted by Crippen LogP contribution is -1.86. The van der Waals surface area contributed by atoms with Gasteiger partial charge in [0.1, 0.15) is 11.8 Å². The van der Waals surface area contributed by atoms with Gasteiger partial charge in [-0.2, -0.15) is 5.26 Å². The van der Waals surface area contributed by atoms with Crippen molar-refractivity contribution in [2.75, 3.05) is 0 Å². The van der Waals surface area contributed by atoms with Gasteiger partial charge < -0.3 is 4.40 Å². The molecule has 0 fully saturated rings. The van der Waals surface area contributed by atoms with Crippen LogP contribution in [0.1, 0.15) is 11.3 Å². The number of pyridine rings is 1. The molecule has 2 rings (SSSR count). The lowest BCUT2D eigenvalue weighted by atomic mass is 10.3. The van der Waals surface area contributed by atoms with Gasteiger partial charge in [-0.1, -0.05) is 17.7 Å². The standard InChI is InChI=1S/C10H7ClN2/c1-7-9(6-12)13-5-3-2-4-8(13)10(7)11/h2-5H,1H3. The monoisotopic (exact) mass is 190 g/mol. The fourth-order valence-corrected chi connectivity index (χ4v) is 1.67. The van der Waals surface area contributed by atoms with Crippen molar-refractivity contribution >= 4 is 17.1 Å². The minimum Gasteiger partial charge on any atom is -0.307 e. The molecule has 0 spiro atoms. The first kappa shape index (κ1) is 8.15. The van der Waals surface area contributed by atoms with Crippen LogP contribution in [-0.4, -0.2) is 4.40 Å². The Kier molecular flexibility index (Phi) is 1.75. The van der Waals surface area contributed by atoms with Gasteiger partial charge in [-0.25, -0.2) is 0 Å². The summed E-state index contributed by atoms with van der Waals surface area (Å²) in [6.45, 7) is 1.86. The number of aromatic nitrogens is 1. The Hall–Kier alpha value is -1.46. The van der Waals surface area contributed by atoms with Crippen molar-refractivity contribution in [3.63, 3.8) is 0 Å². The van der Waals surface area contributed by atoms with Crippen LogP contribution in [0, 0.1) is 18.3 Å². The highest BCUT2D eigenvalue weighted by Crippen LogP contribution is 2.26. The van der Waals surface area contributed by atoms with E-state index in [0.29, 0.717) is 10.7 Å². The summed E-state index contributed by atoms with van der Waals surface area (Å²) in [6, 6.07) is 7.82. The second-order valence-corrected chi connectivity index (χ2v) is 3.23. The Balaban J connectivity index is 3.00. The van der Waals surface area contributed by atoms with Crippen molar-refractivity contribution in [1.29, 1.82) is 5.26 Å². The van der Waals surface area contributed by atoms with Gasteiger partial charge in [0.15, 0.2) is 0 Å². The second-order valence-electron chi connectivity index (χ2n) is 2.86. The third kappa shape index (κ3) is 1.01. The molecule has 0 aliphatic rings. The molecule has 3 heteroatoms. The van der Waals surface area contributed by atoms with Gasteiger partial charge in [-0.3, -0.25) is 0 Å². The molecular weight excluding hydrogens is 184 g/mol. The molecule has 0 aromatic carbocycles. The highest BCUT2D eigenvalue weighted by molar-refractivity contribution is 6.35. The van der Waals surface area contributed by atoms with Crippen LogP contribution in [0.15, 0.2) is 24.4 Å². The Morgan fingerprint density at radius 3 is 2.92 bits per heavy atom. The third-order valence-corrected chi connectivity index (χ3v) is 2.59. The molecule has 2 aromatic rings. The minimum atomic E-state index is 0.612. The number of hydrogen-bond donors (Lipinski definition) is 0. The van der Waals surface area contributed by atoms with Crippen LogP contribution in [0.2, 0.25) is 5.02 Å². The molecule has 2 nitrogen and oxygen atoms in total. The lowest BCUT2D eigenvalue weighted by Gasteiger charge is -1.93. The highest BCUT2D eigenvalue weighted by Gasteiger charge is 2.11. The number of nitrogens with zero attached hydrogens (tertiary/aromatic N) is 2. The van der Waals surface area contributed by atoms with Crippen molar-refractivity contribution in [3.8, 4) is 6.07 Å². The molecular formula is C10H7ClN2. The number of rotatable bonds is 0. The average Bonchev–Trinajstić information content (AvgIpc) is 2.41. The maximum atomic E-state index is 8.90. The first-order chi connectivity index (χ1) is 6.25. The molecule has 0 amide bonds. The number of fused-ring (bicyclic) bond motifs is 1. The van der Waals surface area contributed by atoms with Crippen LogP contribution in [0.25, 0.3) is 5.52 Å². The van der Waals surface area contributed by atoms with Crippen molar-refractivity contribution in [2.45, 2.75) is 6.92 Å². The van der Waals surface area contributed by atoms with Crippen molar-refractivity contribution in [2.24, 2.45) is 0 Å². The topological polar surface area (TPSA) is 28.2 Å². The summed E-state index contributed by atoms with van der Waals surface area (Å²) in [5, 5.41) is 9.56. The summed E-state index contributed by atoms with van der Waals surface area (Å²) < 4.78 is 1.80. The van der Waals surface area contributed by atoms with E-state index in [1.807, 2.05) is 31.3 Å². The van der Waals surface area contributed by atoms with Gasteiger partial charge in [0.2, 0.25) is 0 Å². The molecule has 0 saturated heterocycles. The molecule has 0 radical (unpaired) electrons. The molecule has 0 saturated carbocycles. The Bertz CT molecular complexity index is 505. The zero-order valence-corrected chi connectivity index (χ0v) is 7.84. The van der Waals surface area contributed by atoms with Crippen LogP contribution < -0.4 is 0 Å². The molecule has 64 valence electrons. The van der Waals surface area contributed by atoms with Crippen molar-refractivity contribution in [1.82, 2.24) is 4.40 Å². The van der Waals surface area contributed by atoms with Crippen LogP contribution in [0.4, 0.5) is 0 Å². The highest BCUT2D eigenvalue weighted by atomic mass is 35.5. The van der Waals surface area contributed by atoms with Crippen LogP contribution in [0.5, 0.6) is 0 Å². The molecule has 13 heavy (non-hydrogen) atoms. The van der Waals surface area contributed by atoms with Crippen LogP contribution in [0.3, 0.4) is 0 Å². The fraction of sp³-hybridized carbons (Fsp3) is 0.100. The van der Waals surface area contributed by atoms with E-state index in [0.717, 1.165) is 11.1 Å². The Morgan fingerprint density at radius 2 is 2.23 bits per heavy atom. The van der Waals surface area contributed by atoms with Crippen LogP contribution in [-0.2, 0) is 0 Å². The summed E-state index contributed by atoms with van der Waals surface area (Å²) in [5.74, 6) is 0. The fourth-order valence-electron chi connectivity index (χ4n) is 1.43.